The van der Waals surface area contributed by atoms with E-state index in [9.17, 15) is 9.59 Å². The lowest BCUT2D eigenvalue weighted by Crippen LogP contribution is -2.17. The van der Waals surface area contributed by atoms with E-state index < -0.39 is 11.4 Å². The number of halogens is 1. The highest BCUT2D eigenvalue weighted by Crippen LogP contribution is 2.29. The smallest absolute Gasteiger partial charge is 0.440 e. The fraction of sp³-hybridized carbons (Fsp3) is 0.238. The molecular formula is C21H20ClN3O4. The molecule has 150 valence electrons. The van der Waals surface area contributed by atoms with Gasteiger partial charge < -0.3 is 13.8 Å². The second kappa shape index (κ2) is 7.67. The minimum absolute atomic E-state index is 0.147. The second-order valence-electron chi connectivity index (χ2n) is 7.09. The van der Waals surface area contributed by atoms with Crippen molar-refractivity contribution in [2.45, 2.75) is 33.0 Å². The Morgan fingerprint density at radius 2 is 1.90 bits per heavy atom. The van der Waals surface area contributed by atoms with Gasteiger partial charge in [-0.3, -0.25) is 0 Å². The van der Waals surface area contributed by atoms with Gasteiger partial charge in [-0.05, 0) is 49.7 Å². The minimum atomic E-state index is -0.769. The number of rotatable bonds is 6. The molecule has 1 N–H and O–H groups in total. The summed E-state index contributed by atoms with van der Waals surface area (Å²) in [6.07, 6.45) is 1.97. The predicted molar refractivity (Wildman–Crippen MR) is 111 cm³/mol. The third-order valence-electron chi connectivity index (χ3n) is 4.70. The van der Waals surface area contributed by atoms with Gasteiger partial charge in [-0.1, -0.05) is 23.7 Å². The molecule has 0 radical (unpaired) electrons. The molecule has 4 rings (SSSR count). The molecule has 2 aromatic heterocycles. The van der Waals surface area contributed by atoms with E-state index in [1.807, 2.05) is 48.7 Å². The van der Waals surface area contributed by atoms with Gasteiger partial charge in [0.15, 0.2) is 0 Å². The zero-order valence-corrected chi connectivity index (χ0v) is 16.8. The number of aromatic nitrogens is 3. The number of benzene rings is 2. The highest BCUT2D eigenvalue weighted by molar-refractivity contribution is 6.30. The summed E-state index contributed by atoms with van der Waals surface area (Å²) in [7, 11) is 0. The molecule has 0 bridgehead atoms. The topological polar surface area (TPSA) is 82.2 Å². The van der Waals surface area contributed by atoms with E-state index in [0.717, 1.165) is 26.8 Å². The number of nitrogens with zero attached hydrogens (tertiary/aromatic N) is 2. The van der Waals surface area contributed by atoms with Crippen LogP contribution in [0.4, 0.5) is 0 Å². The van der Waals surface area contributed by atoms with Crippen LogP contribution >= 0.6 is 11.6 Å². The summed E-state index contributed by atoms with van der Waals surface area (Å²) in [5.74, 6) is -0.0624. The largest absolute Gasteiger partial charge is 0.489 e. The molecule has 0 aliphatic carbocycles. The number of ether oxygens (including phenoxy) is 1. The van der Waals surface area contributed by atoms with Crippen LogP contribution in [0, 0.1) is 0 Å². The summed E-state index contributed by atoms with van der Waals surface area (Å²) < 4.78 is 14.0. The van der Waals surface area contributed by atoms with Crippen molar-refractivity contribution in [2.24, 2.45) is 0 Å². The number of fused-ring (bicyclic) bond motifs is 1. The summed E-state index contributed by atoms with van der Waals surface area (Å²) in [6.45, 7) is 4.72. The highest BCUT2D eigenvalue weighted by atomic mass is 35.5. The fourth-order valence-electron chi connectivity index (χ4n) is 3.27. The normalized spacial score (nSPS) is 11.4. The quantitative estimate of drug-likeness (QED) is 0.519. The Hall–Kier alpha value is -3.19. The maximum Gasteiger partial charge on any atom is 0.440 e. The molecular weight excluding hydrogens is 394 g/mol. The molecule has 0 saturated carbocycles. The van der Waals surface area contributed by atoms with Crippen LogP contribution in [0.5, 0.6) is 5.75 Å². The van der Waals surface area contributed by atoms with Gasteiger partial charge >= 0.3 is 11.4 Å². The fourth-order valence-corrected chi connectivity index (χ4v) is 3.39. The molecule has 29 heavy (non-hydrogen) atoms. The molecule has 2 aromatic carbocycles. The van der Waals surface area contributed by atoms with Gasteiger partial charge in [-0.15, -0.1) is 4.74 Å². The van der Waals surface area contributed by atoms with Crippen molar-refractivity contribution >= 4 is 22.5 Å². The molecule has 0 atom stereocenters. The third-order valence-corrected chi connectivity index (χ3v) is 4.96. The first-order valence-electron chi connectivity index (χ1n) is 9.22. The SMILES string of the molecule is CC(C)n1cc(Cn2oc(=O)[nH]c2=O)c2cc(OCc3ccc(Cl)cc3)ccc21. The first-order valence-corrected chi connectivity index (χ1v) is 9.59. The van der Waals surface area contributed by atoms with Gasteiger partial charge in [0, 0.05) is 33.7 Å². The summed E-state index contributed by atoms with van der Waals surface area (Å²) in [6, 6.07) is 13.6. The highest BCUT2D eigenvalue weighted by Gasteiger charge is 2.14. The van der Waals surface area contributed by atoms with Gasteiger partial charge in [0.1, 0.15) is 12.4 Å². The summed E-state index contributed by atoms with van der Waals surface area (Å²) in [5.41, 5.74) is 2.31. The first-order chi connectivity index (χ1) is 13.9. The van der Waals surface area contributed by atoms with Crippen molar-refractivity contribution in [3.63, 3.8) is 0 Å². The minimum Gasteiger partial charge on any atom is -0.489 e. The van der Waals surface area contributed by atoms with Gasteiger partial charge in [0.2, 0.25) is 0 Å². The lowest BCUT2D eigenvalue weighted by Gasteiger charge is -2.10. The van der Waals surface area contributed by atoms with Crippen molar-refractivity contribution in [1.29, 1.82) is 0 Å². The van der Waals surface area contributed by atoms with Crippen LogP contribution < -0.4 is 16.2 Å². The van der Waals surface area contributed by atoms with Crippen molar-refractivity contribution in [2.75, 3.05) is 0 Å². The van der Waals surface area contributed by atoms with Crippen LogP contribution in [0.25, 0.3) is 10.9 Å². The zero-order chi connectivity index (χ0) is 20.5. The average Bonchev–Trinajstić information content (AvgIpc) is 3.21. The Balaban J connectivity index is 1.67. The van der Waals surface area contributed by atoms with E-state index in [4.69, 9.17) is 20.9 Å². The molecule has 2 heterocycles. The average molecular weight is 414 g/mol. The molecule has 0 aliphatic heterocycles. The third kappa shape index (κ3) is 4.00. The van der Waals surface area contributed by atoms with Crippen molar-refractivity contribution < 1.29 is 9.26 Å². The van der Waals surface area contributed by atoms with Gasteiger partial charge in [0.05, 0.1) is 6.54 Å². The molecule has 0 saturated heterocycles. The maximum absolute atomic E-state index is 11.8. The van der Waals surface area contributed by atoms with Crippen molar-refractivity contribution in [3.8, 4) is 5.75 Å². The Morgan fingerprint density at radius 3 is 2.55 bits per heavy atom. The van der Waals surface area contributed by atoms with E-state index in [-0.39, 0.29) is 12.6 Å². The summed E-state index contributed by atoms with van der Waals surface area (Å²) in [4.78, 5) is 25.2. The van der Waals surface area contributed by atoms with Gasteiger partial charge in [0.25, 0.3) is 0 Å². The standard InChI is InChI=1S/C21H20ClN3O4/c1-13(2)24-10-15(11-25-20(26)23-21(27)29-25)18-9-17(7-8-19(18)24)28-12-14-3-5-16(22)6-4-14/h3-10,13H,11-12H2,1-2H3,(H,23,26,27). The maximum atomic E-state index is 11.8. The number of H-pyrrole nitrogens is 1. The Morgan fingerprint density at radius 1 is 1.14 bits per heavy atom. The lowest BCUT2D eigenvalue weighted by atomic mass is 10.1. The number of hydrogen-bond donors (Lipinski definition) is 1. The van der Waals surface area contributed by atoms with Crippen LogP contribution in [0.15, 0.2) is 62.8 Å². The summed E-state index contributed by atoms with van der Waals surface area (Å²) in [5, 5.41) is 1.62. The number of aromatic amines is 1. The van der Waals surface area contributed by atoms with Crippen molar-refractivity contribution in [1.82, 2.24) is 14.3 Å². The molecule has 8 heteroatoms. The molecule has 7 nitrogen and oxygen atoms in total. The molecule has 0 amide bonds. The van der Waals surface area contributed by atoms with Crippen LogP contribution in [-0.4, -0.2) is 14.3 Å². The van der Waals surface area contributed by atoms with Crippen LogP contribution in [0.1, 0.15) is 31.0 Å². The molecule has 0 aliphatic rings. The van der Waals surface area contributed by atoms with E-state index in [0.29, 0.717) is 17.4 Å². The zero-order valence-electron chi connectivity index (χ0n) is 16.0. The Bertz CT molecular complexity index is 1260. The molecule has 4 aromatic rings. The summed E-state index contributed by atoms with van der Waals surface area (Å²) >= 11 is 5.92. The van der Waals surface area contributed by atoms with E-state index in [1.54, 1.807) is 0 Å². The van der Waals surface area contributed by atoms with Gasteiger partial charge in [-0.25, -0.2) is 14.6 Å². The molecule has 0 spiro atoms. The molecule has 0 unspecified atom stereocenters. The lowest BCUT2D eigenvalue weighted by molar-refractivity contribution is 0.258. The van der Waals surface area contributed by atoms with Crippen LogP contribution in [-0.2, 0) is 13.2 Å². The van der Waals surface area contributed by atoms with Gasteiger partial charge in [-0.2, -0.15) is 0 Å². The van der Waals surface area contributed by atoms with E-state index >= 15 is 0 Å². The predicted octanol–water partition coefficient (Wildman–Crippen LogP) is 3.95. The Labute approximate surface area is 171 Å². The first kappa shape index (κ1) is 19.1. The number of hydrogen-bond acceptors (Lipinski definition) is 4. The van der Waals surface area contributed by atoms with E-state index in [2.05, 4.69) is 23.4 Å². The Kier molecular flexibility index (Phi) is 5.07. The second-order valence-corrected chi connectivity index (χ2v) is 7.53. The number of nitrogens with one attached hydrogen (secondary N) is 1. The van der Waals surface area contributed by atoms with E-state index in [1.165, 1.54) is 0 Å². The molecule has 0 fully saturated rings. The van der Waals surface area contributed by atoms with Crippen LogP contribution in [0.3, 0.4) is 0 Å². The van der Waals surface area contributed by atoms with Crippen LogP contribution in [0.2, 0.25) is 5.02 Å². The van der Waals surface area contributed by atoms with Crippen molar-refractivity contribution in [3.05, 3.63) is 85.8 Å². The monoisotopic (exact) mass is 413 g/mol.